The van der Waals surface area contributed by atoms with Crippen LogP contribution in [0.5, 0.6) is 0 Å². The number of rotatable bonds is 5. The van der Waals surface area contributed by atoms with Gasteiger partial charge in [0.05, 0.1) is 5.88 Å². The maximum Gasteiger partial charge on any atom is 0.243 e. The third-order valence-electron chi connectivity index (χ3n) is 3.55. The third-order valence-corrected chi connectivity index (χ3v) is 4.56. The largest absolute Gasteiger partial charge is 0.353 e. The summed E-state index contributed by atoms with van der Waals surface area (Å²) in [6.07, 6.45) is 2.81. The molecule has 2 atom stereocenters. The molecule has 0 aromatic heterocycles. The van der Waals surface area contributed by atoms with Crippen molar-refractivity contribution in [1.82, 2.24) is 10.2 Å². The lowest BCUT2D eigenvalue weighted by atomic mass is 10.2. The Bertz CT molecular complexity index is 339. The molecule has 2 unspecified atom stereocenters. The SMILES string of the molecule is CCC(=O)N1CSCC1C(=O)NCC(N)C1CC1.Cl. The van der Waals surface area contributed by atoms with Crippen molar-refractivity contribution in [1.29, 1.82) is 0 Å². The maximum atomic E-state index is 12.0. The third kappa shape index (κ3) is 4.26. The van der Waals surface area contributed by atoms with Gasteiger partial charge in [0.15, 0.2) is 0 Å². The van der Waals surface area contributed by atoms with E-state index >= 15 is 0 Å². The number of nitrogens with one attached hydrogen (secondary N) is 1. The van der Waals surface area contributed by atoms with Crippen molar-refractivity contribution in [3.8, 4) is 0 Å². The van der Waals surface area contributed by atoms with Crippen LogP contribution in [-0.2, 0) is 9.59 Å². The zero-order chi connectivity index (χ0) is 13.1. The number of hydrogen-bond acceptors (Lipinski definition) is 4. The summed E-state index contributed by atoms with van der Waals surface area (Å²) < 4.78 is 0. The molecule has 2 fully saturated rings. The molecule has 0 aromatic carbocycles. The lowest BCUT2D eigenvalue weighted by molar-refractivity contribution is -0.137. The quantitative estimate of drug-likeness (QED) is 0.779. The average molecular weight is 308 g/mol. The highest BCUT2D eigenvalue weighted by molar-refractivity contribution is 7.99. The monoisotopic (exact) mass is 307 g/mol. The van der Waals surface area contributed by atoms with Crippen molar-refractivity contribution < 1.29 is 9.59 Å². The molecule has 1 saturated carbocycles. The second-order valence-electron chi connectivity index (χ2n) is 4.98. The van der Waals surface area contributed by atoms with Crippen LogP contribution in [0.2, 0.25) is 0 Å². The summed E-state index contributed by atoms with van der Waals surface area (Å²) in [5, 5.41) is 2.88. The molecule has 3 N–H and O–H groups in total. The first kappa shape index (κ1) is 16.6. The number of carbonyl (C=O) groups is 2. The minimum Gasteiger partial charge on any atom is -0.353 e. The van der Waals surface area contributed by atoms with Crippen LogP contribution in [0.1, 0.15) is 26.2 Å². The standard InChI is InChI=1S/C12H21N3O2S.ClH/c1-2-11(16)15-7-18-6-10(15)12(17)14-5-9(13)8-3-4-8;/h8-10H,2-7,13H2,1H3,(H,14,17);1H. The molecule has 2 rings (SSSR count). The van der Waals surface area contributed by atoms with Crippen LogP contribution in [0.25, 0.3) is 0 Å². The van der Waals surface area contributed by atoms with E-state index in [0.717, 1.165) is 0 Å². The van der Waals surface area contributed by atoms with Crippen molar-refractivity contribution in [2.45, 2.75) is 38.3 Å². The summed E-state index contributed by atoms with van der Waals surface area (Å²) in [5.74, 6) is 1.89. The number of nitrogens with two attached hydrogens (primary N) is 1. The van der Waals surface area contributed by atoms with E-state index < -0.39 is 0 Å². The molecule has 2 aliphatic rings. The maximum absolute atomic E-state index is 12.0. The Balaban J connectivity index is 0.00000180. The molecular weight excluding hydrogens is 286 g/mol. The highest BCUT2D eigenvalue weighted by atomic mass is 35.5. The van der Waals surface area contributed by atoms with Crippen molar-refractivity contribution >= 4 is 36.0 Å². The van der Waals surface area contributed by atoms with Gasteiger partial charge in [0, 0.05) is 24.8 Å². The molecule has 0 radical (unpaired) electrons. The average Bonchev–Trinajstić information content (AvgIpc) is 3.11. The zero-order valence-electron chi connectivity index (χ0n) is 11.1. The van der Waals surface area contributed by atoms with Crippen molar-refractivity contribution in [2.24, 2.45) is 11.7 Å². The highest BCUT2D eigenvalue weighted by Gasteiger charge is 2.34. The van der Waals surface area contributed by atoms with Crippen LogP contribution in [0, 0.1) is 5.92 Å². The Kier molecular flexibility index (Phi) is 6.42. The predicted octanol–water partition coefficient (Wildman–Crippen LogP) is 0.573. The fourth-order valence-electron chi connectivity index (χ4n) is 2.14. The van der Waals surface area contributed by atoms with E-state index in [-0.39, 0.29) is 36.3 Å². The van der Waals surface area contributed by atoms with Gasteiger partial charge in [-0.3, -0.25) is 9.59 Å². The molecule has 110 valence electrons. The molecule has 0 aromatic rings. The summed E-state index contributed by atoms with van der Waals surface area (Å²) in [6.45, 7) is 2.35. The number of nitrogens with zero attached hydrogens (tertiary/aromatic N) is 1. The molecule has 1 saturated heterocycles. The topological polar surface area (TPSA) is 75.4 Å². The van der Waals surface area contributed by atoms with Gasteiger partial charge in [-0.05, 0) is 18.8 Å². The summed E-state index contributed by atoms with van der Waals surface area (Å²) in [7, 11) is 0. The Hall–Kier alpha value is -0.460. The molecule has 1 aliphatic heterocycles. The van der Waals surface area contributed by atoms with E-state index in [2.05, 4.69) is 5.32 Å². The first-order chi connectivity index (χ1) is 8.63. The molecular formula is C12H22ClN3O2S. The Morgan fingerprint density at radius 1 is 1.47 bits per heavy atom. The molecule has 2 amide bonds. The Morgan fingerprint density at radius 3 is 2.74 bits per heavy atom. The van der Waals surface area contributed by atoms with E-state index in [1.54, 1.807) is 16.7 Å². The zero-order valence-corrected chi connectivity index (χ0v) is 12.8. The van der Waals surface area contributed by atoms with Gasteiger partial charge in [-0.25, -0.2) is 0 Å². The summed E-state index contributed by atoms with van der Waals surface area (Å²) in [5.41, 5.74) is 5.95. The lowest BCUT2D eigenvalue weighted by Gasteiger charge is -2.23. The Morgan fingerprint density at radius 2 is 2.16 bits per heavy atom. The van der Waals surface area contributed by atoms with Crippen LogP contribution in [-0.4, -0.2) is 47.0 Å². The van der Waals surface area contributed by atoms with E-state index in [1.807, 2.05) is 6.92 Å². The fraction of sp³-hybridized carbons (Fsp3) is 0.833. The molecule has 1 aliphatic carbocycles. The first-order valence-electron chi connectivity index (χ1n) is 6.54. The van der Waals surface area contributed by atoms with Gasteiger partial charge in [-0.1, -0.05) is 6.92 Å². The van der Waals surface area contributed by atoms with Crippen molar-refractivity contribution in [2.75, 3.05) is 18.2 Å². The number of carbonyl (C=O) groups excluding carboxylic acids is 2. The van der Waals surface area contributed by atoms with Gasteiger partial charge < -0.3 is 16.0 Å². The second-order valence-corrected chi connectivity index (χ2v) is 5.98. The van der Waals surface area contributed by atoms with Crippen LogP contribution >= 0.6 is 24.2 Å². The Labute approximate surface area is 124 Å². The molecule has 19 heavy (non-hydrogen) atoms. The molecule has 1 heterocycles. The van der Waals surface area contributed by atoms with Crippen LogP contribution in [0.3, 0.4) is 0 Å². The smallest absolute Gasteiger partial charge is 0.243 e. The number of hydrogen-bond donors (Lipinski definition) is 2. The highest BCUT2D eigenvalue weighted by Crippen LogP contribution is 2.31. The number of halogens is 1. The second kappa shape index (κ2) is 7.36. The van der Waals surface area contributed by atoms with Gasteiger partial charge >= 0.3 is 0 Å². The van der Waals surface area contributed by atoms with Gasteiger partial charge in [-0.15, -0.1) is 24.2 Å². The normalized spacial score (nSPS) is 23.7. The van der Waals surface area contributed by atoms with E-state index in [9.17, 15) is 9.59 Å². The van der Waals surface area contributed by atoms with Crippen LogP contribution in [0.4, 0.5) is 0 Å². The van der Waals surface area contributed by atoms with Crippen molar-refractivity contribution in [3.63, 3.8) is 0 Å². The van der Waals surface area contributed by atoms with Gasteiger partial charge in [0.1, 0.15) is 6.04 Å². The first-order valence-corrected chi connectivity index (χ1v) is 7.69. The van der Waals surface area contributed by atoms with Crippen molar-refractivity contribution in [3.05, 3.63) is 0 Å². The molecule has 7 heteroatoms. The summed E-state index contributed by atoms with van der Waals surface area (Å²) >= 11 is 1.63. The number of thioether (sulfide) groups is 1. The molecule has 0 spiro atoms. The van der Waals surface area contributed by atoms with Crippen LogP contribution < -0.4 is 11.1 Å². The fourth-order valence-corrected chi connectivity index (χ4v) is 3.32. The van der Waals surface area contributed by atoms with Gasteiger partial charge in [-0.2, -0.15) is 0 Å². The minimum absolute atomic E-state index is 0. The predicted molar refractivity (Wildman–Crippen MR) is 79.2 cm³/mol. The minimum atomic E-state index is -0.311. The molecule has 0 bridgehead atoms. The lowest BCUT2D eigenvalue weighted by Crippen LogP contribution is -2.49. The summed E-state index contributed by atoms with van der Waals surface area (Å²) in [4.78, 5) is 25.4. The van der Waals surface area contributed by atoms with E-state index in [1.165, 1.54) is 12.8 Å². The van der Waals surface area contributed by atoms with Gasteiger partial charge in [0.2, 0.25) is 11.8 Å². The van der Waals surface area contributed by atoms with Gasteiger partial charge in [0.25, 0.3) is 0 Å². The van der Waals surface area contributed by atoms with E-state index in [4.69, 9.17) is 5.73 Å². The van der Waals surface area contributed by atoms with Crippen LogP contribution in [0.15, 0.2) is 0 Å². The number of amides is 2. The molecule has 5 nitrogen and oxygen atoms in total. The summed E-state index contributed by atoms with van der Waals surface area (Å²) in [6, 6.07) is -0.243. The van der Waals surface area contributed by atoms with E-state index in [0.29, 0.717) is 30.5 Å².